The lowest BCUT2D eigenvalue weighted by atomic mass is 10.0. The van der Waals surface area contributed by atoms with E-state index in [0.717, 1.165) is 18.6 Å². The van der Waals surface area contributed by atoms with Crippen molar-refractivity contribution in [3.63, 3.8) is 0 Å². The van der Waals surface area contributed by atoms with Crippen LogP contribution in [0, 0.1) is 5.92 Å². The number of aliphatic hydroxyl groups excluding tert-OH is 3. The maximum absolute atomic E-state index is 10.7. The fourth-order valence-electron chi connectivity index (χ4n) is 5.10. The van der Waals surface area contributed by atoms with Gasteiger partial charge in [-0.25, -0.2) is 14.6 Å². The van der Waals surface area contributed by atoms with Crippen molar-refractivity contribution in [3.05, 3.63) is 29.8 Å². The van der Waals surface area contributed by atoms with Crippen molar-refractivity contribution in [2.75, 3.05) is 36.7 Å². The number of benzene rings is 1. The number of hydrogen-bond donors (Lipinski definition) is 4. The van der Waals surface area contributed by atoms with Crippen LogP contribution in [0.15, 0.2) is 29.4 Å². The molecule has 2 unspecified atom stereocenters. The van der Waals surface area contributed by atoms with Gasteiger partial charge in [0.15, 0.2) is 22.1 Å². The molecule has 2 heterocycles. The highest BCUT2D eigenvalue weighted by molar-refractivity contribution is 7.99. The molecule has 2 fully saturated rings. The van der Waals surface area contributed by atoms with Crippen molar-refractivity contribution in [2.45, 2.75) is 68.0 Å². The lowest BCUT2D eigenvalue weighted by molar-refractivity contribution is 0.00107. The van der Waals surface area contributed by atoms with Gasteiger partial charge in [0.2, 0.25) is 0 Å². The number of hydrogen-bond acceptors (Lipinski definition) is 10. The molecule has 0 amide bonds. The van der Waals surface area contributed by atoms with Crippen molar-refractivity contribution in [3.8, 4) is 0 Å². The van der Waals surface area contributed by atoms with Crippen LogP contribution in [-0.2, 0) is 0 Å². The van der Waals surface area contributed by atoms with Crippen LogP contribution in [0.4, 0.5) is 11.5 Å². The zero-order valence-electron chi connectivity index (χ0n) is 20.9. The Morgan fingerprint density at radius 2 is 1.89 bits per heavy atom. The van der Waals surface area contributed by atoms with Crippen LogP contribution in [0.1, 0.15) is 50.1 Å². The minimum absolute atomic E-state index is 0.0340. The number of rotatable bonds is 10. The highest BCUT2D eigenvalue weighted by atomic mass is 32.2. The lowest BCUT2D eigenvalue weighted by Gasteiger charge is -2.17. The van der Waals surface area contributed by atoms with Gasteiger partial charge in [-0.15, -0.1) is 5.10 Å². The van der Waals surface area contributed by atoms with Crippen LogP contribution in [-0.4, -0.2) is 85.0 Å². The maximum atomic E-state index is 10.7. The van der Waals surface area contributed by atoms with Gasteiger partial charge in [0.1, 0.15) is 6.10 Å². The number of thioether (sulfide) groups is 1. The molecule has 2 saturated carbocycles. The Bertz CT molecular complexity index is 1190. The normalized spacial score (nSPS) is 27.5. The second-order valence-corrected chi connectivity index (χ2v) is 11.1. The van der Waals surface area contributed by atoms with Crippen LogP contribution in [0.2, 0.25) is 0 Å². The summed E-state index contributed by atoms with van der Waals surface area (Å²) in [6, 6.07) is 8.44. The molecule has 2 aliphatic rings. The molecule has 5 rings (SSSR count). The van der Waals surface area contributed by atoms with E-state index >= 15 is 0 Å². The van der Waals surface area contributed by atoms with Crippen molar-refractivity contribution in [2.24, 2.45) is 5.92 Å². The van der Waals surface area contributed by atoms with E-state index in [1.807, 2.05) is 14.1 Å². The SMILES string of the molecule is CCCSc1nc(NC2CC2c2ccc(N(C)C)cc2)c2nnn([C@@H]3C[C@H](CCO)[C@@H](O)[C@H]3O)c2n1. The highest BCUT2D eigenvalue weighted by Crippen LogP contribution is 2.44. The standard InChI is InChI=1S/C25H35N7O3S/c1-4-11-36-25-27-23(26-18-13-17(18)14-5-7-16(8-6-14)31(2)3)20-24(28-25)32(30-29-20)19-12-15(9-10-33)21(34)22(19)35/h5-8,15,17-19,21-22,33-35H,4,9-13H2,1-3H3,(H,26,27,28)/t15-,17?,18?,19+,21+,22-/m0/s1. The summed E-state index contributed by atoms with van der Waals surface area (Å²) >= 11 is 1.58. The van der Waals surface area contributed by atoms with Gasteiger partial charge in [-0.1, -0.05) is 36.0 Å². The number of fused-ring (bicyclic) bond motifs is 1. The Morgan fingerprint density at radius 1 is 1.11 bits per heavy atom. The van der Waals surface area contributed by atoms with E-state index in [4.69, 9.17) is 9.97 Å². The number of nitrogens with one attached hydrogen (secondary N) is 1. The van der Waals surface area contributed by atoms with E-state index in [9.17, 15) is 15.3 Å². The molecule has 3 aromatic rings. The summed E-state index contributed by atoms with van der Waals surface area (Å²) in [5.41, 5.74) is 3.60. The first kappa shape index (κ1) is 25.2. The van der Waals surface area contributed by atoms with Gasteiger partial charge in [0.05, 0.1) is 12.1 Å². The van der Waals surface area contributed by atoms with Gasteiger partial charge in [-0.3, -0.25) is 0 Å². The van der Waals surface area contributed by atoms with Crippen molar-refractivity contribution < 1.29 is 15.3 Å². The molecule has 10 nitrogen and oxygen atoms in total. The van der Waals surface area contributed by atoms with Crippen molar-refractivity contribution in [1.29, 1.82) is 0 Å². The summed E-state index contributed by atoms with van der Waals surface area (Å²) in [6.45, 7) is 2.08. The zero-order chi connectivity index (χ0) is 25.4. The van der Waals surface area contributed by atoms with Crippen LogP contribution in [0.3, 0.4) is 0 Å². The molecule has 6 atom stereocenters. The average Bonchev–Trinajstić information content (AvgIpc) is 3.42. The van der Waals surface area contributed by atoms with E-state index in [2.05, 4.69) is 51.7 Å². The van der Waals surface area contributed by atoms with Crippen LogP contribution >= 0.6 is 11.8 Å². The van der Waals surface area contributed by atoms with Gasteiger partial charge in [-0.2, -0.15) is 0 Å². The van der Waals surface area contributed by atoms with E-state index < -0.39 is 18.2 Å². The molecule has 11 heteroatoms. The highest BCUT2D eigenvalue weighted by Gasteiger charge is 2.44. The third kappa shape index (κ3) is 4.89. The van der Waals surface area contributed by atoms with E-state index in [0.29, 0.717) is 40.9 Å². The molecule has 0 spiro atoms. The van der Waals surface area contributed by atoms with Crippen LogP contribution in [0.25, 0.3) is 11.2 Å². The predicted octanol–water partition coefficient (Wildman–Crippen LogP) is 2.42. The van der Waals surface area contributed by atoms with Crippen LogP contribution < -0.4 is 10.2 Å². The van der Waals surface area contributed by atoms with Gasteiger partial charge in [-0.05, 0) is 49.3 Å². The number of nitrogens with zero attached hydrogens (tertiary/aromatic N) is 6. The molecule has 36 heavy (non-hydrogen) atoms. The molecule has 1 aromatic carbocycles. The fraction of sp³-hybridized carbons (Fsp3) is 0.600. The summed E-state index contributed by atoms with van der Waals surface area (Å²) in [4.78, 5) is 11.6. The molecule has 0 saturated heterocycles. The summed E-state index contributed by atoms with van der Waals surface area (Å²) in [5, 5.41) is 43.5. The van der Waals surface area contributed by atoms with Crippen LogP contribution in [0.5, 0.6) is 0 Å². The van der Waals surface area contributed by atoms with Crippen molar-refractivity contribution >= 4 is 34.4 Å². The monoisotopic (exact) mass is 513 g/mol. The summed E-state index contributed by atoms with van der Waals surface area (Å²) < 4.78 is 1.63. The first-order valence-electron chi connectivity index (χ1n) is 12.7. The summed E-state index contributed by atoms with van der Waals surface area (Å²) in [6.07, 6.45) is 1.02. The molecule has 4 N–H and O–H groups in total. The number of anilines is 2. The fourth-order valence-corrected chi connectivity index (χ4v) is 5.80. The molecular formula is C25H35N7O3S. The molecule has 0 radical (unpaired) electrons. The third-order valence-electron chi connectivity index (χ3n) is 7.27. The van der Waals surface area contributed by atoms with Gasteiger partial charge < -0.3 is 25.5 Å². The number of aromatic nitrogens is 5. The molecule has 2 aromatic heterocycles. The third-order valence-corrected chi connectivity index (χ3v) is 8.33. The minimum atomic E-state index is -0.998. The minimum Gasteiger partial charge on any atom is -0.396 e. The first-order valence-corrected chi connectivity index (χ1v) is 13.7. The van der Waals surface area contributed by atoms with Gasteiger partial charge in [0.25, 0.3) is 0 Å². The Kier molecular flexibility index (Phi) is 7.34. The Balaban J connectivity index is 1.41. The predicted molar refractivity (Wildman–Crippen MR) is 141 cm³/mol. The summed E-state index contributed by atoms with van der Waals surface area (Å²) in [7, 11) is 4.08. The number of aliphatic hydroxyl groups is 3. The lowest BCUT2D eigenvalue weighted by Crippen LogP contribution is -2.30. The van der Waals surface area contributed by atoms with Crippen molar-refractivity contribution in [1.82, 2.24) is 25.0 Å². The van der Waals surface area contributed by atoms with E-state index in [1.54, 1.807) is 16.4 Å². The molecule has 2 aliphatic carbocycles. The second kappa shape index (κ2) is 10.5. The first-order chi connectivity index (χ1) is 17.4. The van der Waals surface area contributed by atoms with Gasteiger partial charge >= 0.3 is 0 Å². The van der Waals surface area contributed by atoms with Gasteiger partial charge in [0, 0.05) is 44.1 Å². The molecular weight excluding hydrogens is 478 g/mol. The summed E-state index contributed by atoms with van der Waals surface area (Å²) in [5.74, 6) is 1.75. The largest absolute Gasteiger partial charge is 0.396 e. The second-order valence-electron chi connectivity index (χ2n) is 10.0. The average molecular weight is 514 g/mol. The van der Waals surface area contributed by atoms with E-state index in [-0.39, 0.29) is 18.6 Å². The Labute approximate surface area is 215 Å². The Hall–Kier alpha value is -2.47. The molecule has 194 valence electrons. The Morgan fingerprint density at radius 3 is 2.58 bits per heavy atom. The zero-order valence-corrected chi connectivity index (χ0v) is 21.8. The quantitative estimate of drug-likeness (QED) is 0.237. The maximum Gasteiger partial charge on any atom is 0.191 e. The topological polar surface area (TPSA) is 132 Å². The van der Waals surface area contributed by atoms with E-state index in [1.165, 1.54) is 11.3 Å². The molecule has 0 bridgehead atoms. The smallest absolute Gasteiger partial charge is 0.191 e. The molecule has 0 aliphatic heterocycles.